The number of hydrogen-bond donors (Lipinski definition) is 0. The lowest BCUT2D eigenvalue weighted by Crippen LogP contribution is -1.90. The van der Waals surface area contributed by atoms with Crippen LogP contribution in [0.5, 0.6) is 0 Å². The molecule has 116 heavy (non-hydrogen) atoms. The van der Waals surface area contributed by atoms with E-state index in [2.05, 4.69) is 355 Å². The molecule has 10 heterocycles. The van der Waals surface area contributed by atoms with Gasteiger partial charge < -0.3 is 18.3 Å². The highest BCUT2D eigenvalue weighted by molar-refractivity contribution is 5.93. The summed E-state index contributed by atoms with van der Waals surface area (Å²) in [4.78, 5) is 25.8. The summed E-state index contributed by atoms with van der Waals surface area (Å²) in [7, 11) is 8.27. The van der Waals surface area contributed by atoms with E-state index in [1.807, 2.05) is 154 Å². The highest BCUT2D eigenvalue weighted by Crippen LogP contribution is 2.29. The molecular formula is C106H150N10. The Bertz CT molecular complexity index is 4920. The molecule has 624 valence electrons. The van der Waals surface area contributed by atoms with Gasteiger partial charge in [0, 0.05) is 179 Å². The topological polar surface area (TPSA) is 97.1 Å². The van der Waals surface area contributed by atoms with Crippen molar-refractivity contribution < 1.29 is 0 Å². The zero-order chi connectivity index (χ0) is 88.5. The minimum Gasteiger partial charge on any atom is -0.353 e. The van der Waals surface area contributed by atoms with E-state index in [0.29, 0.717) is 0 Å². The fourth-order valence-electron chi connectivity index (χ4n) is 13.7. The van der Waals surface area contributed by atoms with Crippen LogP contribution in [0.4, 0.5) is 0 Å². The van der Waals surface area contributed by atoms with Gasteiger partial charge in [0.15, 0.2) is 0 Å². The number of fused-ring (bicyclic) bond motifs is 8. The van der Waals surface area contributed by atoms with E-state index in [1.54, 1.807) is 0 Å². The molecule has 0 fully saturated rings. The van der Waals surface area contributed by atoms with Crippen LogP contribution in [-0.4, -0.2) is 48.2 Å². The monoisotopic (exact) mass is 1560 g/mol. The predicted octanol–water partition coefficient (Wildman–Crippen LogP) is 30.8. The standard InChI is InChI=1S/C13H14.3C12H13N.C11H13N.3C10H12N2.8C2H6/c1-9-7-8-12-6-4-5-10(2)13(12)11(9)3;1-8-4-5-11-12(10(8)3)9(2)6-7-13-11;1-8-5-4-6-11-7-13-10(3)9(2)12(8)11;1-8-5-4-6-11-12(8)10(3)9(2)7-13-11;1-8-5-4-6-10-7-12(3)9(2)11(8)10;1-7-4-11-5-9-6-12(3)8(2)10(7)9;1-7-10-8(2)12(3)6-9(10)4-5-11-7;1-7-4-5-11-9-6-12(3)8(2)10(7)9;8*1-2/h4-8H,1-3H3;3*4-7H,1-3H3;4-7H,1-3H3;3*4-6H,1-3H3;8*1-2H3. The second kappa shape index (κ2) is 52.8. The average Bonchev–Trinajstić information content (AvgIpc) is 1.61. The van der Waals surface area contributed by atoms with Crippen LogP contribution in [0.25, 0.3) is 86.6 Å². The third-order valence-corrected chi connectivity index (χ3v) is 20.4. The van der Waals surface area contributed by atoms with E-state index >= 15 is 0 Å². The molecule has 16 rings (SSSR count). The maximum Gasteiger partial charge on any atom is 0.0883 e. The Morgan fingerprint density at radius 1 is 0.198 bits per heavy atom. The van der Waals surface area contributed by atoms with Gasteiger partial charge in [-0.25, -0.2) is 0 Å². The van der Waals surface area contributed by atoms with Gasteiger partial charge in [0.1, 0.15) is 0 Å². The Labute approximate surface area is 703 Å². The largest absolute Gasteiger partial charge is 0.353 e. The number of aryl methyl sites for hydroxylation is 24. The zero-order valence-corrected chi connectivity index (χ0v) is 79.8. The van der Waals surface area contributed by atoms with Crippen molar-refractivity contribution in [3.05, 3.63) is 295 Å². The van der Waals surface area contributed by atoms with Crippen LogP contribution in [0.1, 0.15) is 223 Å². The normalized spacial score (nSPS) is 9.72. The van der Waals surface area contributed by atoms with E-state index in [-0.39, 0.29) is 0 Å². The van der Waals surface area contributed by atoms with Gasteiger partial charge in [0.2, 0.25) is 0 Å². The molecule has 0 aliphatic heterocycles. The first-order chi connectivity index (χ1) is 55.6. The number of hydrogen-bond acceptors (Lipinski definition) is 6. The summed E-state index contributed by atoms with van der Waals surface area (Å²) >= 11 is 0. The Morgan fingerprint density at radius 3 is 1.06 bits per heavy atom. The van der Waals surface area contributed by atoms with Crippen molar-refractivity contribution in [1.29, 1.82) is 0 Å². The third-order valence-electron chi connectivity index (χ3n) is 20.4. The van der Waals surface area contributed by atoms with Crippen LogP contribution in [0.3, 0.4) is 0 Å². The molecule has 0 N–H and O–H groups in total. The average molecular weight is 1560 g/mol. The molecule has 10 nitrogen and oxygen atoms in total. The summed E-state index contributed by atoms with van der Waals surface area (Å²) < 4.78 is 8.57. The highest BCUT2D eigenvalue weighted by atomic mass is 14.9. The molecule has 0 bridgehead atoms. The predicted molar refractivity (Wildman–Crippen MR) is 520 cm³/mol. The molecule has 0 amide bonds. The van der Waals surface area contributed by atoms with Crippen molar-refractivity contribution in [3.8, 4) is 0 Å². The Morgan fingerprint density at radius 2 is 0.560 bits per heavy atom. The second-order valence-corrected chi connectivity index (χ2v) is 27.3. The van der Waals surface area contributed by atoms with Crippen LogP contribution >= 0.6 is 0 Å². The van der Waals surface area contributed by atoms with Crippen molar-refractivity contribution in [2.75, 3.05) is 0 Å². The second-order valence-electron chi connectivity index (χ2n) is 27.3. The van der Waals surface area contributed by atoms with Crippen LogP contribution in [0, 0.1) is 138 Å². The quantitative estimate of drug-likeness (QED) is 0.150. The van der Waals surface area contributed by atoms with Crippen LogP contribution in [-0.2, 0) is 28.2 Å². The smallest absolute Gasteiger partial charge is 0.0883 e. The van der Waals surface area contributed by atoms with Crippen LogP contribution < -0.4 is 0 Å². The highest BCUT2D eigenvalue weighted by Gasteiger charge is 2.11. The fourth-order valence-corrected chi connectivity index (χ4v) is 13.7. The minimum atomic E-state index is 1.09. The van der Waals surface area contributed by atoms with Crippen molar-refractivity contribution in [2.24, 2.45) is 28.2 Å². The van der Waals surface area contributed by atoms with Gasteiger partial charge in [-0.2, -0.15) is 0 Å². The molecule has 0 aliphatic rings. The number of rotatable bonds is 0. The maximum absolute atomic E-state index is 4.40. The summed E-state index contributed by atoms with van der Waals surface area (Å²) in [6.07, 6.45) is 21.8. The number of benzene rings is 6. The van der Waals surface area contributed by atoms with E-state index in [4.69, 9.17) is 0 Å². The molecule has 0 saturated heterocycles. The van der Waals surface area contributed by atoms with Gasteiger partial charge in [-0.05, 0) is 268 Å². The van der Waals surface area contributed by atoms with Gasteiger partial charge in [0.05, 0.1) is 16.6 Å². The van der Waals surface area contributed by atoms with Crippen molar-refractivity contribution in [3.63, 3.8) is 0 Å². The van der Waals surface area contributed by atoms with Gasteiger partial charge in [-0.3, -0.25) is 29.9 Å². The first-order valence-corrected chi connectivity index (χ1v) is 42.6. The van der Waals surface area contributed by atoms with Gasteiger partial charge >= 0.3 is 0 Å². The summed E-state index contributed by atoms with van der Waals surface area (Å²) in [6, 6.07) is 40.3. The first-order valence-electron chi connectivity index (χ1n) is 42.6. The number of aromatic nitrogens is 10. The van der Waals surface area contributed by atoms with Gasteiger partial charge in [-0.15, -0.1) is 0 Å². The maximum atomic E-state index is 4.40. The minimum absolute atomic E-state index is 1.09. The van der Waals surface area contributed by atoms with Crippen molar-refractivity contribution in [2.45, 2.75) is 249 Å². The summed E-state index contributed by atoms with van der Waals surface area (Å²) in [6.45, 7) is 74.7. The molecule has 10 aromatic heterocycles. The molecule has 0 radical (unpaired) electrons. The molecular weight excluding hydrogens is 1410 g/mol. The Kier molecular flexibility index (Phi) is 47.1. The molecule has 0 saturated carbocycles. The van der Waals surface area contributed by atoms with E-state index in [0.717, 1.165) is 27.9 Å². The van der Waals surface area contributed by atoms with Crippen LogP contribution in [0.15, 0.2) is 183 Å². The molecule has 0 spiro atoms. The molecule has 0 aliphatic carbocycles. The molecule has 6 aromatic carbocycles. The SMILES string of the molecule is CC.CC.CC.CC.CC.CC.CC.CC.Cc1ccc2cccc(C)c2c1C.Cc1ccc2nccc(C)c2c1C.Cc1cccc2cn(C)c(C)c12.Cc1ccnc2cn(C)c(C)c12.Cc1cnc2cccc(C)c2c1C.Cc1cncc2cn(C)c(C)c12.Cc1ncc2cccc(C)c2c1C.Cc1nccc2cn(C)c(C)c12. The lowest BCUT2D eigenvalue weighted by molar-refractivity contribution is 0.888. The van der Waals surface area contributed by atoms with E-state index in [1.165, 1.54) is 171 Å². The Hall–Kier alpha value is -10.6. The van der Waals surface area contributed by atoms with Crippen LogP contribution in [0.2, 0.25) is 0 Å². The Balaban J connectivity index is 0.000000646. The summed E-state index contributed by atoms with van der Waals surface area (Å²) in [5.41, 5.74) is 29.4. The number of pyridine rings is 6. The van der Waals surface area contributed by atoms with Crippen molar-refractivity contribution >= 4 is 86.6 Å². The molecule has 0 unspecified atom stereocenters. The zero-order valence-electron chi connectivity index (χ0n) is 79.8. The number of nitrogens with zero attached hydrogens (tertiary/aromatic N) is 10. The summed E-state index contributed by atoms with van der Waals surface area (Å²) in [5, 5.41) is 17.2. The van der Waals surface area contributed by atoms with E-state index in [9.17, 15) is 0 Å². The van der Waals surface area contributed by atoms with E-state index < -0.39 is 0 Å². The first kappa shape index (κ1) is 103. The third kappa shape index (κ3) is 26.7. The lowest BCUT2D eigenvalue weighted by Gasteiger charge is -2.07. The van der Waals surface area contributed by atoms with Gasteiger partial charge in [0.25, 0.3) is 0 Å². The molecule has 16 aromatic rings. The lowest BCUT2D eigenvalue weighted by atomic mass is 9.97. The summed E-state index contributed by atoms with van der Waals surface area (Å²) in [5.74, 6) is 0. The van der Waals surface area contributed by atoms with Gasteiger partial charge in [-0.1, -0.05) is 196 Å². The fraction of sp³-hybridized carbons (Fsp3) is 0.377. The molecule has 10 heteroatoms. The molecule has 0 atom stereocenters. The van der Waals surface area contributed by atoms with Crippen molar-refractivity contribution in [1.82, 2.24) is 48.2 Å².